The van der Waals surface area contributed by atoms with E-state index in [9.17, 15) is 9.59 Å². The molecule has 0 radical (unpaired) electrons. The summed E-state index contributed by atoms with van der Waals surface area (Å²) in [6.07, 6.45) is 0. The van der Waals surface area contributed by atoms with Crippen LogP contribution < -0.4 is 0 Å². The second-order valence-electron chi connectivity index (χ2n) is 5.74. The summed E-state index contributed by atoms with van der Waals surface area (Å²) < 4.78 is 4.92. The van der Waals surface area contributed by atoms with Gasteiger partial charge in [0, 0.05) is 25.0 Å². The van der Waals surface area contributed by atoms with Gasteiger partial charge in [0.1, 0.15) is 11.4 Å². The maximum atomic E-state index is 11.3. The van der Waals surface area contributed by atoms with Crippen molar-refractivity contribution in [2.75, 3.05) is 0 Å². The number of nitrogens with zero attached hydrogens (tertiary/aromatic N) is 4. The third kappa shape index (κ3) is 4.98. The van der Waals surface area contributed by atoms with Crippen LogP contribution in [0.25, 0.3) is 0 Å². The summed E-state index contributed by atoms with van der Waals surface area (Å²) in [5, 5.41) is 15.6. The molecule has 9 nitrogen and oxygen atoms in total. The van der Waals surface area contributed by atoms with Crippen LogP contribution in [0.4, 0.5) is 0 Å². The minimum Gasteiger partial charge on any atom is -0.318 e. The Kier molecular flexibility index (Phi) is 6.21. The molecule has 0 atom stereocenters. The van der Waals surface area contributed by atoms with Gasteiger partial charge in [-0.2, -0.15) is 0 Å². The first kappa shape index (κ1) is 19.6. The summed E-state index contributed by atoms with van der Waals surface area (Å²) in [7, 11) is 0. The van der Waals surface area contributed by atoms with E-state index in [-0.39, 0.29) is 22.8 Å². The largest absolute Gasteiger partial charge is 0.332 e. The molecular weight excluding hydrogens is 376 g/mol. The van der Waals surface area contributed by atoms with E-state index in [1.165, 1.54) is 13.8 Å². The quantitative estimate of drug-likeness (QED) is 0.360. The van der Waals surface area contributed by atoms with E-state index in [2.05, 4.69) is 20.6 Å². The Hall–Kier alpha value is -4.14. The number of carbonyl (C=O) groups excluding carboxylic acids is 2. The average Bonchev–Trinajstić information content (AvgIpc) is 3.19. The van der Waals surface area contributed by atoms with Crippen LogP contribution in [0.5, 0.6) is 0 Å². The van der Waals surface area contributed by atoms with Crippen molar-refractivity contribution in [1.29, 1.82) is 0 Å². The zero-order valence-corrected chi connectivity index (χ0v) is 15.6. The first-order valence-electron chi connectivity index (χ1n) is 8.51. The molecule has 1 heterocycles. The number of aromatic nitrogens is 2. The first-order chi connectivity index (χ1) is 14.1. The van der Waals surface area contributed by atoms with Crippen LogP contribution in [0.3, 0.4) is 0 Å². The highest BCUT2D eigenvalue weighted by Gasteiger charge is 2.25. The van der Waals surface area contributed by atoms with Crippen molar-refractivity contribution < 1.29 is 23.9 Å². The summed E-state index contributed by atoms with van der Waals surface area (Å²) >= 11 is 0. The van der Waals surface area contributed by atoms with Crippen LogP contribution in [0.1, 0.15) is 36.4 Å². The molecule has 9 heteroatoms. The summed E-state index contributed by atoms with van der Waals surface area (Å²) in [6.45, 7) is 2.46. The highest BCUT2D eigenvalue weighted by Crippen LogP contribution is 2.18. The van der Waals surface area contributed by atoms with E-state index < -0.39 is 11.9 Å². The monoisotopic (exact) mass is 392 g/mol. The summed E-state index contributed by atoms with van der Waals surface area (Å²) in [4.78, 5) is 32.3. The van der Waals surface area contributed by atoms with Gasteiger partial charge in [0.05, 0.1) is 0 Å². The molecule has 0 saturated heterocycles. The third-order valence-corrected chi connectivity index (χ3v) is 3.56. The van der Waals surface area contributed by atoms with Gasteiger partial charge in [-0.25, -0.2) is 14.2 Å². The minimum atomic E-state index is -0.603. The van der Waals surface area contributed by atoms with Crippen molar-refractivity contribution in [3.8, 4) is 0 Å². The molecule has 0 amide bonds. The molecule has 0 spiro atoms. The van der Waals surface area contributed by atoms with Crippen LogP contribution in [-0.2, 0) is 19.3 Å². The zero-order chi connectivity index (χ0) is 20.6. The molecule has 2 aromatic carbocycles. The smallest absolute Gasteiger partial charge is 0.318 e. The van der Waals surface area contributed by atoms with Gasteiger partial charge >= 0.3 is 11.9 Å². The molecule has 0 aliphatic carbocycles. The number of hydrogen-bond donors (Lipinski definition) is 0. The fourth-order valence-electron chi connectivity index (χ4n) is 2.38. The van der Waals surface area contributed by atoms with Gasteiger partial charge in [-0.05, 0) is 10.3 Å². The number of oxime groups is 2. The molecule has 3 rings (SSSR count). The van der Waals surface area contributed by atoms with Crippen LogP contribution in [0, 0.1) is 0 Å². The Morgan fingerprint density at radius 1 is 0.724 bits per heavy atom. The average molecular weight is 392 g/mol. The molecule has 0 unspecified atom stereocenters. The summed E-state index contributed by atoms with van der Waals surface area (Å²) in [6, 6.07) is 17.8. The Morgan fingerprint density at radius 3 is 1.45 bits per heavy atom. The lowest BCUT2D eigenvalue weighted by atomic mass is 10.0. The van der Waals surface area contributed by atoms with E-state index in [1.54, 1.807) is 48.5 Å². The van der Waals surface area contributed by atoms with E-state index in [0.29, 0.717) is 11.1 Å². The predicted octanol–water partition coefficient (Wildman–Crippen LogP) is 2.70. The van der Waals surface area contributed by atoms with Gasteiger partial charge in [0.25, 0.3) is 0 Å². The van der Waals surface area contributed by atoms with Crippen LogP contribution >= 0.6 is 0 Å². The maximum absolute atomic E-state index is 11.3. The molecule has 0 aliphatic heterocycles. The van der Waals surface area contributed by atoms with Gasteiger partial charge in [0.15, 0.2) is 11.4 Å². The minimum absolute atomic E-state index is 0.159. The van der Waals surface area contributed by atoms with E-state index in [0.717, 1.165) is 0 Å². The lowest BCUT2D eigenvalue weighted by Crippen LogP contribution is -2.15. The van der Waals surface area contributed by atoms with Crippen molar-refractivity contribution in [2.24, 2.45) is 10.3 Å². The molecule has 29 heavy (non-hydrogen) atoms. The van der Waals surface area contributed by atoms with Crippen LogP contribution in [0.2, 0.25) is 0 Å². The molecule has 0 aliphatic rings. The van der Waals surface area contributed by atoms with Crippen LogP contribution in [0.15, 0.2) is 75.6 Å². The molecule has 0 saturated carbocycles. The molecule has 0 bridgehead atoms. The van der Waals surface area contributed by atoms with E-state index in [1.807, 2.05) is 12.1 Å². The van der Waals surface area contributed by atoms with Gasteiger partial charge in [0.2, 0.25) is 0 Å². The SMILES string of the molecule is CC(=O)O/N=C(\c1ccccc1)c1nonc1/C(=N/OC(C)=O)c1ccccc1. The van der Waals surface area contributed by atoms with Crippen molar-refractivity contribution in [2.45, 2.75) is 13.8 Å². The molecule has 3 aromatic rings. The number of benzene rings is 2. The Balaban J connectivity index is 2.15. The fourth-order valence-corrected chi connectivity index (χ4v) is 2.38. The molecule has 0 N–H and O–H groups in total. The molecule has 0 fully saturated rings. The summed E-state index contributed by atoms with van der Waals surface area (Å²) in [5.41, 5.74) is 1.92. The van der Waals surface area contributed by atoms with Crippen molar-refractivity contribution in [1.82, 2.24) is 10.3 Å². The highest BCUT2D eigenvalue weighted by molar-refractivity contribution is 6.21. The lowest BCUT2D eigenvalue weighted by Gasteiger charge is -2.06. The number of carbonyl (C=O) groups is 2. The lowest BCUT2D eigenvalue weighted by molar-refractivity contribution is -0.141. The van der Waals surface area contributed by atoms with Gasteiger partial charge in [-0.3, -0.25) is 0 Å². The van der Waals surface area contributed by atoms with Crippen LogP contribution in [-0.4, -0.2) is 33.7 Å². The third-order valence-electron chi connectivity index (χ3n) is 3.56. The van der Waals surface area contributed by atoms with Crippen molar-refractivity contribution in [3.63, 3.8) is 0 Å². The fraction of sp³-hybridized carbons (Fsp3) is 0.100. The topological polar surface area (TPSA) is 116 Å². The summed E-state index contributed by atoms with van der Waals surface area (Å²) in [5.74, 6) is -1.21. The normalized spacial score (nSPS) is 11.8. The zero-order valence-electron chi connectivity index (χ0n) is 15.6. The van der Waals surface area contributed by atoms with E-state index >= 15 is 0 Å². The van der Waals surface area contributed by atoms with Crippen molar-refractivity contribution >= 4 is 23.4 Å². The standard InChI is InChI=1S/C20H16N4O5/c1-13(25)27-21-17(15-9-5-3-6-10-15)19-20(24-29-23-19)18(22-28-14(2)26)16-11-7-4-8-12-16/h3-12H,1-2H3/b21-17+,22-18+. The first-order valence-corrected chi connectivity index (χ1v) is 8.51. The Labute approximate surface area is 165 Å². The maximum Gasteiger partial charge on any atom is 0.332 e. The van der Waals surface area contributed by atoms with Gasteiger partial charge in [-0.1, -0.05) is 71.0 Å². The molecular formula is C20H16N4O5. The Bertz CT molecular complexity index is 975. The van der Waals surface area contributed by atoms with Gasteiger partial charge < -0.3 is 9.68 Å². The predicted molar refractivity (Wildman–Crippen MR) is 102 cm³/mol. The second kappa shape index (κ2) is 9.18. The molecule has 146 valence electrons. The van der Waals surface area contributed by atoms with Crippen molar-refractivity contribution in [3.05, 3.63) is 83.2 Å². The number of hydrogen-bond acceptors (Lipinski definition) is 9. The second-order valence-corrected chi connectivity index (χ2v) is 5.74. The Morgan fingerprint density at radius 2 is 1.10 bits per heavy atom. The number of rotatable bonds is 6. The van der Waals surface area contributed by atoms with Gasteiger partial charge in [-0.15, -0.1) is 0 Å². The molecule has 1 aromatic heterocycles. The highest BCUT2D eigenvalue weighted by atomic mass is 16.7. The van der Waals surface area contributed by atoms with E-state index in [4.69, 9.17) is 14.3 Å².